The molecule has 2 unspecified atom stereocenters. The van der Waals surface area contributed by atoms with Crippen LogP contribution in [0.4, 0.5) is 5.69 Å². The van der Waals surface area contributed by atoms with Crippen LogP contribution in [0.15, 0.2) is 46.2 Å². The number of morpholine rings is 1. The molecule has 192 valence electrons. The number of amides is 1. The van der Waals surface area contributed by atoms with Crippen LogP contribution in [0, 0.1) is 0 Å². The lowest BCUT2D eigenvalue weighted by molar-refractivity contribution is -0.0440. The van der Waals surface area contributed by atoms with Gasteiger partial charge in [-0.1, -0.05) is 11.6 Å². The van der Waals surface area contributed by atoms with E-state index in [1.807, 2.05) is 0 Å². The van der Waals surface area contributed by atoms with Crippen LogP contribution in [-0.2, 0) is 24.8 Å². The minimum Gasteiger partial charge on any atom is -0.495 e. The van der Waals surface area contributed by atoms with Crippen molar-refractivity contribution in [2.45, 2.75) is 35.8 Å². The summed E-state index contributed by atoms with van der Waals surface area (Å²) in [6.07, 6.45) is -0.589. The Morgan fingerprint density at radius 1 is 1.09 bits per heavy atom. The molecule has 1 fully saturated rings. The Bertz CT molecular complexity index is 1320. The predicted molar refractivity (Wildman–Crippen MR) is 132 cm³/mol. The molecule has 13 heteroatoms. The van der Waals surface area contributed by atoms with Crippen LogP contribution in [-0.4, -0.2) is 77.9 Å². The molecule has 35 heavy (non-hydrogen) atoms. The van der Waals surface area contributed by atoms with Gasteiger partial charge in [0.05, 0.1) is 34.9 Å². The van der Waals surface area contributed by atoms with E-state index in [1.165, 1.54) is 61.9 Å². The van der Waals surface area contributed by atoms with Gasteiger partial charge in [0.25, 0.3) is 5.91 Å². The van der Waals surface area contributed by atoms with Crippen LogP contribution in [0.3, 0.4) is 0 Å². The van der Waals surface area contributed by atoms with Gasteiger partial charge in [-0.05, 0) is 50.2 Å². The maximum absolute atomic E-state index is 13.3. The fraction of sp³-hybridized carbons (Fsp3) is 0.409. The first kappa shape index (κ1) is 27.4. The lowest BCUT2D eigenvalue weighted by Gasteiger charge is -2.34. The van der Waals surface area contributed by atoms with Crippen molar-refractivity contribution in [1.82, 2.24) is 8.61 Å². The summed E-state index contributed by atoms with van der Waals surface area (Å²) in [4.78, 5) is 12.8. The molecule has 0 aliphatic carbocycles. The number of sulfonamides is 2. The van der Waals surface area contributed by atoms with Gasteiger partial charge in [-0.15, -0.1) is 0 Å². The zero-order chi connectivity index (χ0) is 26.1. The number of hydrogen-bond donors (Lipinski definition) is 1. The maximum atomic E-state index is 13.3. The molecule has 1 heterocycles. The molecule has 3 rings (SSSR count). The normalized spacial score (nSPS) is 19.5. The molecule has 10 nitrogen and oxygen atoms in total. The van der Waals surface area contributed by atoms with Crippen molar-refractivity contribution in [2.75, 3.05) is 39.6 Å². The largest absolute Gasteiger partial charge is 0.495 e. The third-order valence-electron chi connectivity index (χ3n) is 5.40. The summed E-state index contributed by atoms with van der Waals surface area (Å²) in [5, 5.41) is 2.58. The van der Waals surface area contributed by atoms with E-state index in [1.54, 1.807) is 13.8 Å². The van der Waals surface area contributed by atoms with Crippen LogP contribution in [0.1, 0.15) is 24.2 Å². The van der Waals surface area contributed by atoms with Crippen molar-refractivity contribution in [3.05, 3.63) is 47.0 Å². The van der Waals surface area contributed by atoms with Gasteiger partial charge in [0, 0.05) is 32.7 Å². The third-order valence-corrected chi connectivity index (χ3v) is 9.52. The van der Waals surface area contributed by atoms with E-state index in [9.17, 15) is 21.6 Å². The number of ether oxygens (including phenoxy) is 2. The van der Waals surface area contributed by atoms with E-state index in [-0.39, 0.29) is 57.1 Å². The summed E-state index contributed by atoms with van der Waals surface area (Å²) in [6, 6.07) is 7.97. The number of halogens is 1. The van der Waals surface area contributed by atoms with Gasteiger partial charge < -0.3 is 14.8 Å². The van der Waals surface area contributed by atoms with Gasteiger partial charge in [-0.25, -0.2) is 21.1 Å². The summed E-state index contributed by atoms with van der Waals surface area (Å²) in [7, 11) is -3.61. The average molecular weight is 546 g/mol. The number of hydrogen-bond acceptors (Lipinski definition) is 7. The van der Waals surface area contributed by atoms with Crippen molar-refractivity contribution < 1.29 is 31.1 Å². The smallest absolute Gasteiger partial charge is 0.255 e. The standard InChI is InChI=1S/C22H28ClN3O7S2/c1-14-12-26(13-15(2)33-14)35(30,31)21-10-16(6-8-18(21)23)22(27)24-19-11-17(7-9-20(19)32-5)34(28,29)25(3)4/h6-11,14-15H,12-13H2,1-5H3,(H,24,27). The Balaban J connectivity index is 1.95. The highest BCUT2D eigenvalue weighted by Gasteiger charge is 2.34. The minimum atomic E-state index is -4.00. The van der Waals surface area contributed by atoms with Crippen LogP contribution < -0.4 is 10.1 Å². The topological polar surface area (TPSA) is 122 Å². The van der Waals surface area contributed by atoms with E-state index < -0.39 is 26.0 Å². The summed E-state index contributed by atoms with van der Waals surface area (Å²) < 4.78 is 64.8. The Morgan fingerprint density at radius 2 is 1.71 bits per heavy atom. The number of methoxy groups -OCH3 is 1. The van der Waals surface area contributed by atoms with Crippen LogP contribution in [0.2, 0.25) is 5.02 Å². The van der Waals surface area contributed by atoms with E-state index in [4.69, 9.17) is 21.1 Å². The number of nitrogens with zero attached hydrogens (tertiary/aromatic N) is 2. The van der Waals surface area contributed by atoms with Crippen molar-refractivity contribution in [3.8, 4) is 5.75 Å². The molecule has 0 bridgehead atoms. The number of carbonyl (C=O) groups is 1. The molecule has 1 amide bonds. The molecule has 1 saturated heterocycles. The van der Waals surface area contributed by atoms with Gasteiger partial charge in [0.2, 0.25) is 20.0 Å². The minimum absolute atomic E-state index is 0.0188. The highest BCUT2D eigenvalue weighted by atomic mass is 35.5. The molecule has 2 aromatic carbocycles. The van der Waals surface area contributed by atoms with Crippen LogP contribution in [0.25, 0.3) is 0 Å². The summed E-state index contributed by atoms with van der Waals surface area (Å²) >= 11 is 6.23. The SMILES string of the molecule is COc1ccc(S(=O)(=O)N(C)C)cc1NC(=O)c1ccc(Cl)c(S(=O)(=O)N2CC(C)OC(C)C2)c1. The molecule has 0 spiro atoms. The van der Waals surface area contributed by atoms with Gasteiger partial charge >= 0.3 is 0 Å². The third kappa shape index (κ3) is 5.79. The van der Waals surface area contributed by atoms with E-state index in [2.05, 4.69) is 5.32 Å². The van der Waals surface area contributed by atoms with Gasteiger partial charge in [-0.3, -0.25) is 4.79 Å². The molecule has 1 aliphatic rings. The molecule has 2 aromatic rings. The molecule has 2 atom stereocenters. The summed E-state index contributed by atoms with van der Waals surface area (Å²) in [5.41, 5.74) is 0.126. The second-order valence-corrected chi connectivity index (χ2v) is 12.8. The first-order valence-electron chi connectivity index (χ1n) is 10.6. The Morgan fingerprint density at radius 3 is 2.29 bits per heavy atom. The van der Waals surface area contributed by atoms with Gasteiger partial charge in [-0.2, -0.15) is 4.31 Å². The molecule has 1 aliphatic heterocycles. The maximum Gasteiger partial charge on any atom is 0.255 e. The molecule has 0 saturated carbocycles. The number of anilines is 1. The average Bonchev–Trinajstić information content (AvgIpc) is 2.78. The molecule has 0 aromatic heterocycles. The summed E-state index contributed by atoms with van der Waals surface area (Å²) in [5.74, 6) is -0.436. The zero-order valence-electron chi connectivity index (χ0n) is 20.0. The van der Waals surface area contributed by atoms with E-state index in [0.29, 0.717) is 0 Å². The Hall–Kier alpha value is -2.22. The van der Waals surface area contributed by atoms with Crippen molar-refractivity contribution in [1.29, 1.82) is 0 Å². The fourth-order valence-electron chi connectivity index (χ4n) is 3.66. The van der Waals surface area contributed by atoms with Crippen molar-refractivity contribution in [2.24, 2.45) is 0 Å². The molecular formula is C22H28ClN3O7S2. The van der Waals surface area contributed by atoms with E-state index >= 15 is 0 Å². The Labute approximate surface area is 210 Å². The van der Waals surface area contributed by atoms with Crippen molar-refractivity contribution >= 4 is 43.2 Å². The van der Waals surface area contributed by atoms with Gasteiger partial charge in [0.1, 0.15) is 10.6 Å². The number of rotatable bonds is 7. The zero-order valence-corrected chi connectivity index (χ0v) is 22.4. The highest BCUT2D eigenvalue weighted by Crippen LogP contribution is 2.31. The predicted octanol–water partition coefficient (Wildman–Crippen LogP) is 2.65. The number of benzene rings is 2. The second kappa shape index (κ2) is 10.4. The lowest BCUT2D eigenvalue weighted by atomic mass is 10.2. The van der Waals surface area contributed by atoms with E-state index in [0.717, 1.165) is 4.31 Å². The first-order chi connectivity index (χ1) is 16.3. The van der Waals surface area contributed by atoms with Gasteiger partial charge in [0.15, 0.2) is 0 Å². The Kier molecular flexibility index (Phi) is 8.14. The summed E-state index contributed by atoms with van der Waals surface area (Å²) in [6.45, 7) is 3.87. The van der Waals surface area contributed by atoms with Crippen molar-refractivity contribution in [3.63, 3.8) is 0 Å². The highest BCUT2D eigenvalue weighted by molar-refractivity contribution is 7.89. The van der Waals surface area contributed by atoms with Crippen LogP contribution >= 0.6 is 11.6 Å². The molecule has 0 radical (unpaired) electrons. The van der Waals surface area contributed by atoms with Crippen LogP contribution in [0.5, 0.6) is 5.75 Å². The quantitative estimate of drug-likeness (QED) is 0.567. The number of nitrogens with one attached hydrogen (secondary N) is 1. The number of carbonyl (C=O) groups excluding carboxylic acids is 1. The lowest BCUT2D eigenvalue weighted by Crippen LogP contribution is -2.48. The molecular weight excluding hydrogens is 518 g/mol. The first-order valence-corrected chi connectivity index (χ1v) is 13.9. The fourth-order valence-corrected chi connectivity index (χ4v) is 6.68. The molecule has 1 N–H and O–H groups in total. The monoisotopic (exact) mass is 545 g/mol. The second-order valence-electron chi connectivity index (χ2n) is 8.33.